The molecule has 1 amide bonds. The summed E-state index contributed by atoms with van der Waals surface area (Å²) in [6.45, 7) is 4.21. The van der Waals surface area contributed by atoms with Crippen molar-refractivity contribution in [2.24, 2.45) is 13.0 Å². The molecule has 1 saturated carbocycles. The van der Waals surface area contributed by atoms with Crippen LogP contribution >= 0.6 is 11.3 Å². The summed E-state index contributed by atoms with van der Waals surface area (Å²) in [4.78, 5) is 26.6. The number of amides is 1. The van der Waals surface area contributed by atoms with Gasteiger partial charge in [-0.15, -0.1) is 11.3 Å². The Kier molecular flexibility index (Phi) is 4.34. The van der Waals surface area contributed by atoms with Gasteiger partial charge < -0.3 is 9.88 Å². The highest BCUT2D eigenvalue weighted by Crippen LogP contribution is 2.32. The molecule has 0 aliphatic heterocycles. The number of aromatic nitrogens is 3. The summed E-state index contributed by atoms with van der Waals surface area (Å²) in [6, 6.07) is 2.29. The Labute approximate surface area is 155 Å². The van der Waals surface area contributed by atoms with Crippen LogP contribution < -0.4 is 10.9 Å². The Hall–Kier alpha value is -2.15. The van der Waals surface area contributed by atoms with Crippen molar-refractivity contribution in [2.45, 2.75) is 52.1 Å². The first-order valence-corrected chi connectivity index (χ1v) is 10.0. The lowest BCUT2D eigenvalue weighted by Crippen LogP contribution is -2.43. The highest BCUT2D eigenvalue weighted by atomic mass is 32.1. The monoisotopic (exact) mass is 372 g/mol. The van der Waals surface area contributed by atoms with Crippen molar-refractivity contribution in [2.75, 3.05) is 0 Å². The molecule has 4 rings (SSSR count). The van der Waals surface area contributed by atoms with E-state index in [9.17, 15) is 9.59 Å². The largest absolute Gasteiger partial charge is 0.351 e. The van der Waals surface area contributed by atoms with Gasteiger partial charge in [0.15, 0.2) is 0 Å². The quantitative estimate of drug-likeness (QED) is 0.768. The molecule has 2 atom stereocenters. The number of thiophene rings is 1. The van der Waals surface area contributed by atoms with Gasteiger partial charge in [0.05, 0.1) is 16.4 Å². The summed E-state index contributed by atoms with van der Waals surface area (Å²) in [7, 11) is 1.90. The molecule has 138 valence electrons. The number of carbonyl (C=O) groups excluding carboxylic acids is 1. The minimum atomic E-state index is -0.210. The van der Waals surface area contributed by atoms with Gasteiger partial charge in [0.2, 0.25) is 5.91 Å². The predicted molar refractivity (Wildman–Crippen MR) is 105 cm³/mol. The first-order chi connectivity index (χ1) is 12.5. The number of aryl methyl sites for hydroxylation is 2. The Morgan fingerprint density at radius 2 is 2.15 bits per heavy atom. The van der Waals surface area contributed by atoms with Gasteiger partial charge in [-0.05, 0) is 31.7 Å². The highest BCUT2D eigenvalue weighted by molar-refractivity contribution is 7.20. The fourth-order valence-corrected chi connectivity index (χ4v) is 5.12. The minimum absolute atomic E-state index is 0.0319. The molecule has 0 spiro atoms. The maximum Gasteiger partial charge on any atom is 0.291 e. The molecule has 7 heteroatoms. The minimum Gasteiger partial charge on any atom is -0.351 e. The molecule has 0 aromatic carbocycles. The number of fused-ring (bicyclic) bond motifs is 3. The van der Waals surface area contributed by atoms with Gasteiger partial charge in [-0.25, -0.2) is 4.68 Å². The van der Waals surface area contributed by atoms with E-state index in [2.05, 4.69) is 30.3 Å². The van der Waals surface area contributed by atoms with E-state index in [0.29, 0.717) is 11.4 Å². The average Bonchev–Trinajstić information content (AvgIpc) is 3.10. The maximum atomic E-state index is 12.9. The molecule has 3 aromatic heterocycles. The Morgan fingerprint density at radius 1 is 1.38 bits per heavy atom. The first-order valence-electron chi connectivity index (χ1n) is 9.19. The van der Waals surface area contributed by atoms with Crippen molar-refractivity contribution in [3.05, 3.63) is 27.5 Å². The van der Waals surface area contributed by atoms with E-state index < -0.39 is 0 Å². The zero-order valence-electron chi connectivity index (χ0n) is 15.4. The highest BCUT2D eigenvalue weighted by Gasteiger charge is 2.23. The molecule has 0 saturated heterocycles. The third-order valence-electron chi connectivity index (χ3n) is 5.55. The lowest BCUT2D eigenvalue weighted by molar-refractivity contribution is -0.123. The zero-order chi connectivity index (χ0) is 18.4. The van der Waals surface area contributed by atoms with Crippen LogP contribution in [-0.4, -0.2) is 26.3 Å². The van der Waals surface area contributed by atoms with Crippen LogP contribution in [0.5, 0.6) is 0 Å². The summed E-state index contributed by atoms with van der Waals surface area (Å²) < 4.78 is 4.27. The number of nitrogens with zero attached hydrogens (tertiary/aromatic N) is 3. The molecule has 0 unspecified atom stereocenters. The average molecular weight is 372 g/mol. The van der Waals surface area contributed by atoms with E-state index in [1.165, 1.54) is 16.0 Å². The fraction of sp³-hybridized carbons (Fsp3) is 0.526. The molecule has 1 aliphatic carbocycles. The standard InChI is InChI=1S/C19H24N4O2S/c1-11-6-4-5-7-14(11)21-16(24)10-23-19(25)17-13(9-20-23)18-15(22(17)3)8-12(2)26-18/h8-9,11,14H,4-7,10H2,1-3H3,(H,21,24)/t11-,14+/m0/s1. The SMILES string of the molecule is Cc1cc2c(s1)c1cnn(CC(=O)N[C@@H]3CCCC[C@@H]3C)c(=O)c1n2C. The number of carbonyl (C=O) groups is 1. The molecular weight excluding hydrogens is 348 g/mol. The van der Waals surface area contributed by atoms with E-state index in [1.54, 1.807) is 17.5 Å². The van der Waals surface area contributed by atoms with Crippen LogP contribution in [0, 0.1) is 12.8 Å². The summed E-state index contributed by atoms with van der Waals surface area (Å²) in [5, 5.41) is 8.22. The summed E-state index contributed by atoms with van der Waals surface area (Å²) in [5.41, 5.74) is 1.44. The molecule has 3 aromatic rings. The van der Waals surface area contributed by atoms with Crippen LogP contribution in [0.3, 0.4) is 0 Å². The summed E-state index contributed by atoms with van der Waals surface area (Å²) in [6.07, 6.45) is 6.26. The lowest BCUT2D eigenvalue weighted by Gasteiger charge is -2.29. The van der Waals surface area contributed by atoms with Crippen LogP contribution in [0.15, 0.2) is 17.1 Å². The summed E-state index contributed by atoms with van der Waals surface area (Å²) in [5.74, 6) is 0.354. The van der Waals surface area contributed by atoms with Gasteiger partial charge in [0.1, 0.15) is 12.1 Å². The van der Waals surface area contributed by atoms with Crippen LogP contribution in [0.25, 0.3) is 21.1 Å². The molecule has 6 nitrogen and oxygen atoms in total. The summed E-state index contributed by atoms with van der Waals surface area (Å²) >= 11 is 1.67. The van der Waals surface area contributed by atoms with Crippen LogP contribution in [0.2, 0.25) is 0 Å². The number of rotatable bonds is 3. The van der Waals surface area contributed by atoms with Crippen molar-refractivity contribution in [1.29, 1.82) is 0 Å². The second-order valence-corrected chi connectivity index (χ2v) is 8.69. The molecule has 1 N–H and O–H groups in total. The van der Waals surface area contributed by atoms with Gasteiger partial charge in [0, 0.05) is 23.4 Å². The molecule has 26 heavy (non-hydrogen) atoms. The van der Waals surface area contributed by atoms with Gasteiger partial charge in [0.25, 0.3) is 5.56 Å². The van der Waals surface area contributed by atoms with Gasteiger partial charge in [-0.3, -0.25) is 9.59 Å². The van der Waals surface area contributed by atoms with E-state index in [-0.39, 0.29) is 24.1 Å². The Balaban J connectivity index is 1.63. The Morgan fingerprint density at radius 3 is 2.92 bits per heavy atom. The molecule has 0 bridgehead atoms. The lowest BCUT2D eigenvalue weighted by atomic mass is 9.86. The second kappa shape index (κ2) is 6.54. The molecule has 1 fully saturated rings. The molecular formula is C19H24N4O2S. The van der Waals surface area contributed by atoms with Crippen molar-refractivity contribution < 1.29 is 4.79 Å². The smallest absolute Gasteiger partial charge is 0.291 e. The van der Waals surface area contributed by atoms with Gasteiger partial charge in [-0.2, -0.15) is 5.10 Å². The maximum absolute atomic E-state index is 12.9. The van der Waals surface area contributed by atoms with Crippen molar-refractivity contribution >= 4 is 38.4 Å². The Bertz CT molecular complexity index is 1050. The molecule has 1 aliphatic rings. The fourth-order valence-electron chi connectivity index (χ4n) is 4.06. The van der Waals surface area contributed by atoms with E-state index in [0.717, 1.165) is 34.9 Å². The zero-order valence-corrected chi connectivity index (χ0v) is 16.2. The number of hydrogen-bond acceptors (Lipinski definition) is 4. The van der Waals surface area contributed by atoms with Crippen LogP contribution in [-0.2, 0) is 18.4 Å². The van der Waals surface area contributed by atoms with Crippen molar-refractivity contribution in [3.8, 4) is 0 Å². The normalized spacial score (nSPS) is 20.7. The number of hydrogen-bond donors (Lipinski definition) is 1. The van der Waals surface area contributed by atoms with Crippen LogP contribution in [0.4, 0.5) is 0 Å². The van der Waals surface area contributed by atoms with E-state index in [4.69, 9.17) is 0 Å². The third kappa shape index (κ3) is 2.84. The first kappa shape index (κ1) is 17.3. The van der Waals surface area contributed by atoms with E-state index in [1.807, 2.05) is 11.6 Å². The van der Waals surface area contributed by atoms with E-state index >= 15 is 0 Å². The predicted octanol–water partition coefficient (Wildman–Crippen LogP) is 2.95. The second-order valence-electron chi connectivity index (χ2n) is 7.44. The van der Waals surface area contributed by atoms with Crippen LogP contribution in [0.1, 0.15) is 37.5 Å². The van der Waals surface area contributed by atoms with Gasteiger partial charge in [-0.1, -0.05) is 19.8 Å². The third-order valence-corrected chi connectivity index (χ3v) is 6.62. The van der Waals surface area contributed by atoms with Crippen molar-refractivity contribution in [1.82, 2.24) is 19.7 Å². The molecule has 0 radical (unpaired) electrons. The van der Waals surface area contributed by atoms with Crippen molar-refractivity contribution in [3.63, 3.8) is 0 Å². The molecule has 3 heterocycles. The topological polar surface area (TPSA) is 68.9 Å². The van der Waals surface area contributed by atoms with Gasteiger partial charge >= 0.3 is 0 Å². The number of nitrogens with one attached hydrogen (secondary N) is 1.